The maximum Gasteiger partial charge on any atom is 0.178 e. The lowest BCUT2D eigenvalue weighted by Gasteiger charge is -2.03. The van der Waals surface area contributed by atoms with Gasteiger partial charge in [0.15, 0.2) is 4.77 Å². The molecule has 0 aliphatic carbocycles. The zero-order valence-electron chi connectivity index (χ0n) is 9.43. The summed E-state index contributed by atoms with van der Waals surface area (Å²) in [6.45, 7) is 0.531. The number of fused-ring (bicyclic) bond motifs is 1. The molecule has 0 atom stereocenters. The number of hydrogen-bond donors (Lipinski definition) is 1. The highest BCUT2D eigenvalue weighted by Crippen LogP contribution is 2.18. The smallest absolute Gasteiger partial charge is 0.178 e. The topological polar surface area (TPSA) is 33.6 Å². The SMILES string of the molecule is Fc1cccc2c1[nH]c(=S)n2Cc1ccccn1. The van der Waals surface area contributed by atoms with E-state index in [0.717, 1.165) is 11.2 Å². The number of halogens is 1. The summed E-state index contributed by atoms with van der Waals surface area (Å²) >= 11 is 5.22. The largest absolute Gasteiger partial charge is 0.328 e. The number of imidazole rings is 1. The fourth-order valence-corrected chi connectivity index (χ4v) is 2.22. The summed E-state index contributed by atoms with van der Waals surface area (Å²) in [4.78, 5) is 7.14. The molecule has 0 aliphatic rings. The second-order valence-electron chi connectivity index (χ2n) is 3.97. The van der Waals surface area contributed by atoms with Crippen LogP contribution in [0.25, 0.3) is 11.0 Å². The molecule has 0 aliphatic heterocycles. The molecule has 1 N–H and O–H groups in total. The van der Waals surface area contributed by atoms with Crippen LogP contribution in [0.3, 0.4) is 0 Å². The maximum absolute atomic E-state index is 13.6. The molecule has 0 saturated carbocycles. The first-order valence-electron chi connectivity index (χ1n) is 5.52. The Balaban J connectivity index is 2.15. The molecule has 1 aromatic carbocycles. The third kappa shape index (κ3) is 1.82. The molecule has 0 saturated heterocycles. The summed E-state index contributed by atoms with van der Waals surface area (Å²) in [5.41, 5.74) is 2.09. The molecule has 0 radical (unpaired) electrons. The predicted octanol–water partition coefficient (Wildman–Crippen LogP) is 3.28. The summed E-state index contributed by atoms with van der Waals surface area (Å²) < 4.78 is 16.0. The molecule has 0 unspecified atom stereocenters. The van der Waals surface area contributed by atoms with E-state index in [9.17, 15) is 4.39 Å². The molecule has 0 bridgehead atoms. The summed E-state index contributed by atoms with van der Waals surface area (Å²) in [5, 5.41) is 0. The Bertz CT molecular complexity index is 746. The number of rotatable bonds is 2. The van der Waals surface area contributed by atoms with Crippen LogP contribution >= 0.6 is 12.2 Å². The van der Waals surface area contributed by atoms with Crippen LogP contribution in [0.15, 0.2) is 42.6 Å². The number of para-hydroxylation sites is 1. The Kier molecular flexibility index (Phi) is 2.68. The van der Waals surface area contributed by atoms with Crippen LogP contribution < -0.4 is 0 Å². The van der Waals surface area contributed by atoms with Crippen molar-refractivity contribution in [3.63, 3.8) is 0 Å². The normalized spacial score (nSPS) is 10.9. The van der Waals surface area contributed by atoms with Crippen LogP contribution in [0, 0.1) is 10.6 Å². The first-order valence-corrected chi connectivity index (χ1v) is 5.93. The summed E-state index contributed by atoms with van der Waals surface area (Å²) in [6.07, 6.45) is 1.73. The monoisotopic (exact) mass is 259 g/mol. The molecule has 18 heavy (non-hydrogen) atoms. The fourth-order valence-electron chi connectivity index (χ4n) is 1.96. The Morgan fingerprint density at radius 3 is 2.89 bits per heavy atom. The van der Waals surface area contributed by atoms with Crippen molar-refractivity contribution in [1.82, 2.24) is 14.5 Å². The van der Waals surface area contributed by atoms with E-state index in [1.54, 1.807) is 12.3 Å². The number of nitrogens with one attached hydrogen (secondary N) is 1. The molecule has 3 aromatic rings. The van der Waals surface area contributed by atoms with E-state index in [2.05, 4.69) is 9.97 Å². The highest BCUT2D eigenvalue weighted by molar-refractivity contribution is 7.71. The Hall–Kier alpha value is -2.01. The predicted molar refractivity (Wildman–Crippen MR) is 70.4 cm³/mol. The first kappa shape index (κ1) is 11.1. The van der Waals surface area contributed by atoms with Gasteiger partial charge in [0.2, 0.25) is 0 Å². The number of aromatic nitrogens is 3. The third-order valence-electron chi connectivity index (χ3n) is 2.81. The van der Waals surface area contributed by atoms with E-state index in [4.69, 9.17) is 12.2 Å². The minimum Gasteiger partial charge on any atom is -0.328 e. The lowest BCUT2D eigenvalue weighted by atomic mass is 10.3. The molecule has 2 aromatic heterocycles. The van der Waals surface area contributed by atoms with Gasteiger partial charge < -0.3 is 9.55 Å². The van der Waals surface area contributed by atoms with E-state index in [1.165, 1.54) is 6.07 Å². The quantitative estimate of drug-likeness (QED) is 0.716. The van der Waals surface area contributed by atoms with Crippen molar-refractivity contribution in [2.24, 2.45) is 0 Å². The van der Waals surface area contributed by atoms with E-state index in [0.29, 0.717) is 16.8 Å². The van der Waals surface area contributed by atoms with Crippen LogP contribution in [0.5, 0.6) is 0 Å². The van der Waals surface area contributed by atoms with Crippen LogP contribution in [-0.4, -0.2) is 14.5 Å². The van der Waals surface area contributed by atoms with Gasteiger partial charge in [0.05, 0.1) is 17.8 Å². The van der Waals surface area contributed by atoms with Crippen LogP contribution in [0.4, 0.5) is 4.39 Å². The second-order valence-corrected chi connectivity index (χ2v) is 4.36. The number of pyridine rings is 1. The van der Waals surface area contributed by atoms with Gasteiger partial charge in [0.1, 0.15) is 11.3 Å². The molecule has 0 spiro atoms. The molecule has 0 amide bonds. The van der Waals surface area contributed by atoms with Gasteiger partial charge in [-0.3, -0.25) is 4.98 Å². The molecule has 0 fully saturated rings. The number of aromatic amines is 1. The van der Waals surface area contributed by atoms with E-state index >= 15 is 0 Å². The van der Waals surface area contributed by atoms with Gasteiger partial charge >= 0.3 is 0 Å². The fraction of sp³-hybridized carbons (Fsp3) is 0.0769. The van der Waals surface area contributed by atoms with Crippen LogP contribution in [0.1, 0.15) is 5.69 Å². The van der Waals surface area contributed by atoms with E-state index in [1.807, 2.05) is 28.8 Å². The number of H-pyrrole nitrogens is 1. The molecule has 90 valence electrons. The average molecular weight is 259 g/mol. The number of benzene rings is 1. The van der Waals surface area contributed by atoms with Gasteiger partial charge in [-0.25, -0.2) is 4.39 Å². The van der Waals surface area contributed by atoms with Crippen molar-refractivity contribution < 1.29 is 4.39 Å². The Morgan fingerprint density at radius 2 is 2.11 bits per heavy atom. The van der Waals surface area contributed by atoms with Gasteiger partial charge in [-0.1, -0.05) is 12.1 Å². The van der Waals surface area contributed by atoms with Crippen molar-refractivity contribution in [2.75, 3.05) is 0 Å². The highest BCUT2D eigenvalue weighted by Gasteiger charge is 2.08. The molecule has 5 heteroatoms. The van der Waals surface area contributed by atoms with Crippen LogP contribution in [0.2, 0.25) is 0 Å². The summed E-state index contributed by atoms with van der Waals surface area (Å²) in [5.74, 6) is -0.293. The Morgan fingerprint density at radius 1 is 1.22 bits per heavy atom. The average Bonchev–Trinajstić information content (AvgIpc) is 2.70. The first-order chi connectivity index (χ1) is 8.75. The zero-order chi connectivity index (χ0) is 12.5. The van der Waals surface area contributed by atoms with Crippen molar-refractivity contribution in [1.29, 1.82) is 0 Å². The minimum absolute atomic E-state index is 0.293. The van der Waals surface area contributed by atoms with Crippen molar-refractivity contribution in [3.8, 4) is 0 Å². The van der Waals surface area contributed by atoms with E-state index in [-0.39, 0.29) is 5.82 Å². The molecule has 3 rings (SSSR count). The lowest BCUT2D eigenvalue weighted by Crippen LogP contribution is -2.01. The standard InChI is InChI=1S/C13H10FN3S/c14-10-5-3-6-11-12(10)16-13(18)17(11)8-9-4-1-2-7-15-9/h1-7H,8H2,(H,16,18). The number of hydrogen-bond acceptors (Lipinski definition) is 2. The lowest BCUT2D eigenvalue weighted by molar-refractivity contribution is 0.637. The van der Waals surface area contributed by atoms with E-state index < -0.39 is 0 Å². The van der Waals surface area contributed by atoms with Gasteiger partial charge in [0.25, 0.3) is 0 Å². The van der Waals surface area contributed by atoms with Crippen molar-refractivity contribution in [2.45, 2.75) is 6.54 Å². The molecular formula is C13H10FN3S. The second kappa shape index (κ2) is 4.34. The van der Waals surface area contributed by atoms with Gasteiger partial charge in [-0.2, -0.15) is 0 Å². The highest BCUT2D eigenvalue weighted by atomic mass is 32.1. The van der Waals surface area contributed by atoms with Crippen molar-refractivity contribution in [3.05, 3.63) is 58.9 Å². The minimum atomic E-state index is -0.293. The summed E-state index contributed by atoms with van der Waals surface area (Å²) in [6, 6.07) is 10.6. The molecular weight excluding hydrogens is 249 g/mol. The van der Waals surface area contributed by atoms with Crippen LogP contribution in [-0.2, 0) is 6.54 Å². The summed E-state index contributed by atoms with van der Waals surface area (Å²) in [7, 11) is 0. The van der Waals surface area contributed by atoms with Gasteiger partial charge in [0, 0.05) is 6.20 Å². The molecule has 2 heterocycles. The molecule has 3 nitrogen and oxygen atoms in total. The third-order valence-corrected chi connectivity index (χ3v) is 3.13. The zero-order valence-corrected chi connectivity index (χ0v) is 10.2. The number of nitrogens with zero attached hydrogens (tertiary/aromatic N) is 2. The maximum atomic E-state index is 13.6. The van der Waals surface area contributed by atoms with Gasteiger partial charge in [-0.15, -0.1) is 0 Å². The van der Waals surface area contributed by atoms with Crippen molar-refractivity contribution >= 4 is 23.3 Å². The Labute approximate surface area is 108 Å². The van der Waals surface area contributed by atoms with Gasteiger partial charge in [-0.05, 0) is 36.5 Å².